The van der Waals surface area contributed by atoms with Crippen LogP contribution in [0.1, 0.15) is 24.6 Å². The summed E-state index contributed by atoms with van der Waals surface area (Å²) in [5.74, 6) is 0. The van der Waals surface area contributed by atoms with Crippen molar-refractivity contribution in [1.29, 1.82) is 0 Å². The quantitative estimate of drug-likeness (QED) is 0.717. The third-order valence-corrected chi connectivity index (χ3v) is 6.30. The molecular formula is C21H25N5O3. The van der Waals surface area contributed by atoms with E-state index in [1.54, 1.807) is 7.11 Å². The van der Waals surface area contributed by atoms with Crippen LogP contribution in [0.4, 0.5) is 4.79 Å². The Kier molecular flexibility index (Phi) is 4.13. The van der Waals surface area contributed by atoms with Gasteiger partial charge in [0.05, 0.1) is 30.4 Å². The zero-order valence-electron chi connectivity index (χ0n) is 16.7. The van der Waals surface area contributed by atoms with Gasteiger partial charge in [0, 0.05) is 48.5 Å². The summed E-state index contributed by atoms with van der Waals surface area (Å²) in [4.78, 5) is 12.5. The number of methoxy groups -OCH3 is 1. The van der Waals surface area contributed by atoms with E-state index in [2.05, 4.69) is 34.9 Å². The summed E-state index contributed by atoms with van der Waals surface area (Å²) < 4.78 is 9.16. The minimum atomic E-state index is -0.808. The minimum Gasteiger partial charge on any atom is -0.465 e. The van der Waals surface area contributed by atoms with Crippen molar-refractivity contribution >= 4 is 17.0 Å². The Labute approximate surface area is 168 Å². The molecule has 1 aliphatic heterocycles. The van der Waals surface area contributed by atoms with Gasteiger partial charge in [0.1, 0.15) is 0 Å². The lowest BCUT2D eigenvalue weighted by atomic mass is 9.61. The molecule has 1 saturated carbocycles. The SMILES string of the molecule is COCCn1cc2cc(-c3cc(C)n(C4CC5(C4)CN(C(=O)O)C5)n3)ccc2n1. The highest BCUT2D eigenvalue weighted by Gasteiger charge is 2.54. The van der Waals surface area contributed by atoms with Gasteiger partial charge in [0.25, 0.3) is 0 Å². The van der Waals surface area contributed by atoms with E-state index in [1.807, 2.05) is 16.9 Å². The standard InChI is InChI=1S/C21H25N5O3/c1-14-7-19(15-3-4-18-16(8-15)11-25(22-18)5-6-29-2)23-26(14)17-9-21(10-17)12-24(13-21)20(27)28/h3-4,7-8,11,17H,5-6,9-10,12-13H2,1-2H3,(H,27,28). The minimum absolute atomic E-state index is 0.178. The van der Waals surface area contributed by atoms with Gasteiger partial charge in [-0.25, -0.2) is 4.79 Å². The van der Waals surface area contributed by atoms with Crippen LogP contribution in [0.2, 0.25) is 0 Å². The lowest BCUT2D eigenvalue weighted by Crippen LogP contribution is -2.63. The maximum absolute atomic E-state index is 11.0. The molecule has 8 nitrogen and oxygen atoms in total. The number of likely N-dealkylation sites (tertiary alicyclic amines) is 1. The number of amides is 1. The summed E-state index contributed by atoms with van der Waals surface area (Å²) in [5.41, 5.74) is 4.34. The number of fused-ring (bicyclic) bond motifs is 1. The maximum atomic E-state index is 11.0. The van der Waals surface area contributed by atoms with Crippen LogP contribution in [0.15, 0.2) is 30.5 Å². The van der Waals surface area contributed by atoms with Gasteiger partial charge in [-0.3, -0.25) is 9.36 Å². The van der Waals surface area contributed by atoms with Crippen molar-refractivity contribution in [3.63, 3.8) is 0 Å². The van der Waals surface area contributed by atoms with E-state index in [0.29, 0.717) is 25.7 Å². The fourth-order valence-electron chi connectivity index (χ4n) is 4.80. The Morgan fingerprint density at radius 3 is 2.79 bits per heavy atom. The second kappa shape index (κ2) is 6.59. The molecule has 2 aliphatic rings. The largest absolute Gasteiger partial charge is 0.465 e. The van der Waals surface area contributed by atoms with Crippen molar-refractivity contribution in [1.82, 2.24) is 24.5 Å². The number of carboxylic acid groups (broad SMARTS) is 1. The first-order chi connectivity index (χ1) is 14.0. The topological polar surface area (TPSA) is 85.4 Å². The van der Waals surface area contributed by atoms with Crippen LogP contribution in [0, 0.1) is 12.3 Å². The highest BCUT2D eigenvalue weighted by atomic mass is 16.5. The van der Waals surface area contributed by atoms with Gasteiger partial charge >= 0.3 is 6.09 Å². The highest BCUT2D eigenvalue weighted by Crippen LogP contribution is 2.54. The Hall–Kier alpha value is -2.87. The summed E-state index contributed by atoms with van der Waals surface area (Å²) in [6, 6.07) is 8.74. The molecule has 0 atom stereocenters. The summed E-state index contributed by atoms with van der Waals surface area (Å²) in [6.45, 7) is 4.78. The van der Waals surface area contributed by atoms with Gasteiger partial charge in [-0.15, -0.1) is 0 Å². The first kappa shape index (κ1) is 18.2. The summed E-state index contributed by atoms with van der Waals surface area (Å²) in [6.07, 6.45) is 3.24. The van der Waals surface area contributed by atoms with Gasteiger partial charge in [-0.2, -0.15) is 10.2 Å². The summed E-state index contributed by atoms with van der Waals surface area (Å²) >= 11 is 0. The maximum Gasteiger partial charge on any atom is 0.407 e. The lowest BCUT2D eigenvalue weighted by molar-refractivity contribution is -0.0775. The molecule has 3 aromatic rings. The first-order valence-corrected chi connectivity index (χ1v) is 9.97. The zero-order chi connectivity index (χ0) is 20.2. The average molecular weight is 395 g/mol. The number of carbonyl (C=O) groups is 1. The monoisotopic (exact) mass is 395 g/mol. The molecular weight excluding hydrogens is 370 g/mol. The molecule has 1 spiro atoms. The van der Waals surface area contributed by atoms with Crippen molar-refractivity contribution < 1.29 is 14.6 Å². The molecule has 2 aromatic heterocycles. The normalized spacial score (nSPS) is 18.2. The van der Waals surface area contributed by atoms with Gasteiger partial charge in [-0.05, 0) is 38.0 Å². The van der Waals surface area contributed by atoms with E-state index in [-0.39, 0.29) is 5.41 Å². The number of hydrogen-bond acceptors (Lipinski definition) is 4. The van der Waals surface area contributed by atoms with Crippen molar-refractivity contribution in [2.75, 3.05) is 26.8 Å². The first-order valence-electron chi connectivity index (χ1n) is 9.97. The zero-order valence-corrected chi connectivity index (χ0v) is 16.7. The van der Waals surface area contributed by atoms with Gasteiger partial charge < -0.3 is 14.7 Å². The van der Waals surface area contributed by atoms with E-state index in [1.165, 1.54) is 4.90 Å². The van der Waals surface area contributed by atoms with Gasteiger partial charge in [0.2, 0.25) is 0 Å². The fraction of sp³-hybridized carbons (Fsp3) is 0.476. The molecule has 152 valence electrons. The molecule has 0 radical (unpaired) electrons. The molecule has 3 heterocycles. The van der Waals surface area contributed by atoms with Crippen LogP contribution in [0.5, 0.6) is 0 Å². The second-order valence-electron chi connectivity index (χ2n) is 8.47. The Morgan fingerprint density at radius 2 is 2.07 bits per heavy atom. The third-order valence-electron chi connectivity index (χ3n) is 6.30. The number of benzene rings is 1. The Bertz CT molecular complexity index is 1070. The van der Waals surface area contributed by atoms with Crippen LogP contribution in [-0.4, -0.2) is 62.5 Å². The molecule has 1 aliphatic carbocycles. The fourth-order valence-corrected chi connectivity index (χ4v) is 4.80. The molecule has 1 N–H and O–H groups in total. The number of rotatable bonds is 5. The second-order valence-corrected chi connectivity index (χ2v) is 8.47. The molecule has 29 heavy (non-hydrogen) atoms. The molecule has 1 saturated heterocycles. The predicted octanol–water partition coefficient (Wildman–Crippen LogP) is 3.17. The smallest absolute Gasteiger partial charge is 0.407 e. The Balaban J connectivity index is 1.32. The van der Waals surface area contributed by atoms with Crippen LogP contribution in [-0.2, 0) is 11.3 Å². The number of ether oxygens (including phenoxy) is 1. The van der Waals surface area contributed by atoms with Crippen LogP contribution in [0.25, 0.3) is 22.2 Å². The highest BCUT2D eigenvalue weighted by molar-refractivity contribution is 5.83. The van der Waals surface area contributed by atoms with Crippen molar-refractivity contribution in [3.05, 3.63) is 36.2 Å². The van der Waals surface area contributed by atoms with Crippen LogP contribution in [0.3, 0.4) is 0 Å². The van der Waals surface area contributed by atoms with Crippen molar-refractivity contribution in [2.45, 2.75) is 32.4 Å². The van der Waals surface area contributed by atoms with Crippen LogP contribution < -0.4 is 0 Å². The van der Waals surface area contributed by atoms with Crippen molar-refractivity contribution in [2.24, 2.45) is 5.41 Å². The third kappa shape index (κ3) is 3.07. The van der Waals surface area contributed by atoms with E-state index >= 15 is 0 Å². The lowest BCUT2D eigenvalue weighted by Gasteiger charge is -2.58. The number of nitrogens with zero attached hydrogens (tertiary/aromatic N) is 5. The van der Waals surface area contributed by atoms with E-state index < -0.39 is 6.09 Å². The molecule has 0 bridgehead atoms. The molecule has 2 fully saturated rings. The molecule has 0 unspecified atom stereocenters. The molecule has 1 aromatic carbocycles. The van der Waals surface area contributed by atoms with Gasteiger partial charge in [-0.1, -0.05) is 6.07 Å². The van der Waals surface area contributed by atoms with Crippen LogP contribution >= 0.6 is 0 Å². The number of aromatic nitrogens is 4. The molecule has 5 rings (SSSR count). The number of hydrogen-bond donors (Lipinski definition) is 1. The van der Waals surface area contributed by atoms with E-state index in [0.717, 1.165) is 47.2 Å². The average Bonchev–Trinajstić information content (AvgIpc) is 3.20. The number of aryl methyl sites for hydroxylation is 1. The summed E-state index contributed by atoms with van der Waals surface area (Å²) in [5, 5.41) is 19.6. The van der Waals surface area contributed by atoms with Crippen molar-refractivity contribution in [3.8, 4) is 11.3 Å². The van der Waals surface area contributed by atoms with Gasteiger partial charge in [0.15, 0.2) is 0 Å². The molecule has 8 heteroatoms. The summed E-state index contributed by atoms with van der Waals surface area (Å²) in [7, 11) is 1.69. The predicted molar refractivity (Wildman–Crippen MR) is 108 cm³/mol. The Morgan fingerprint density at radius 1 is 1.28 bits per heavy atom. The molecule has 1 amide bonds. The van der Waals surface area contributed by atoms with E-state index in [4.69, 9.17) is 14.9 Å². The van der Waals surface area contributed by atoms with E-state index in [9.17, 15) is 4.79 Å².